The minimum absolute atomic E-state index is 0.000737. The minimum Gasteiger partial charge on any atom is -0.346 e. The number of carbonyl (C=O) groups excluding carboxylic acids is 1. The van der Waals surface area contributed by atoms with Gasteiger partial charge in [0.2, 0.25) is 5.91 Å². The summed E-state index contributed by atoms with van der Waals surface area (Å²) in [4.78, 5) is 25.0. The van der Waals surface area contributed by atoms with Crippen molar-refractivity contribution >= 4 is 28.0 Å². The highest BCUT2D eigenvalue weighted by molar-refractivity contribution is 5.79. The summed E-state index contributed by atoms with van der Waals surface area (Å²) >= 11 is 0. The average molecular weight is 405 g/mol. The van der Waals surface area contributed by atoms with E-state index in [4.69, 9.17) is 4.98 Å². The number of nitrogens with zero attached hydrogens (tertiary/aromatic N) is 3. The predicted molar refractivity (Wildman–Crippen MR) is 113 cm³/mol. The third-order valence-corrected chi connectivity index (χ3v) is 5.95. The summed E-state index contributed by atoms with van der Waals surface area (Å²) in [6.07, 6.45) is 1.45. The van der Waals surface area contributed by atoms with Crippen molar-refractivity contribution in [2.75, 3.05) is 0 Å². The van der Waals surface area contributed by atoms with Crippen molar-refractivity contribution in [1.29, 1.82) is 0 Å². The SMILES string of the molecule is CCn1c([C@H]2C[C@H]2CC(=O)N[C@@H](C)c2nc3ccc(F)cc3[nH]2)nc2ccccc21. The van der Waals surface area contributed by atoms with Crippen LogP contribution in [0.3, 0.4) is 0 Å². The number of aryl methyl sites for hydroxylation is 1. The molecule has 4 aromatic rings. The quantitative estimate of drug-likeness (QED) is 0.498. The van der Waals surface area contributed by atoms with Gasteiger partial charge in [0.15, 0.2) is 0 Å². The molecular weight excluding hydrogens is 381 g/mol. The van der Waals surface area contributed by atoms with Gasteiger partial charge in [-0.3, -0.25) is 4.79 Å². The van der Waals surface area contributed by atoms with Gasteiger partial charge in [0, 0.05) is 18.9 Å². The van der Waals surface area contributed by atoms with Gasteiger partial charge >= 0.3 is 0 Å². The second-order valence-corrected chi connectivity index (χ2v) is 8.08. The number of halogens is 1. The third kappa shape index (κ3) is 3.34. The van der Waals surface area contributed by atoms with Gasteiger partial charge in [-0.1, -0.05) is 12.1 Å². The number of amides is 1. The van der Waals surface area contributed by atoms with E-state index in [1.807, 2.05) is 25.1 Å². The monoisotopic (exact) mass is 405 g/mol. The zero-order chi connectivity index (χ0) is 20.8. The first-order valence-electron chi connectivity index (χ1n) is 10.4. The molecule has 1 aliphatic rings. The Kier molecular flexibility index (Phi) is 4.53. The summed E-state index contributed by atoms with van der Waals surface area (Å²) in [7, 11) is 0. The molecule has 2 heterocycles. The molecule has 0 spiro atoms. The molecule has 1 aliphatic carbocycles. The first kappa shape index (κ1) is 18.8. The van der Waals surface area contributed by atoms with Crippen molar-refractivity contribution in [1.82, 2.24) is 24.8 Å². The van der Waals surface area contributed by atoms with Gasteiger partial charge in [0.05, 0.1) is 28.1 Å². The number of benzene rings is 2. The summed E-state index contributed by atoms with van der Waals surface area (Å²) in [5.41, 5.74) is 3.49. The number of hydrogen-bond donors (Lipinski definition) is 2. The standard InChI is InChI=1S/C23H24FN5O/c1-3-29-20-7-5-4-6-18(20)28-23(29)16-10-14(16)11-21(30)25-13(2)22-26-17-9-8-15(24)12-19(17)27-22/h4-9,12-14,16H,3,10-11H2,1-2H3,(H,25,30)(H,26,27)/t13-,14-,16-/m0/s1. The molecule has 1 fully saturated rings. The van der Waals surface area contributed by atoms with Crippen LogP contribution < -0.4 is 5.32 Å². The molecule has 0 bridgehead atoms. The molecule has 0 radical (unpaired) electrons. The molecule has 3 atom stereocenters. The number of H-pyrrole nitrogens is 1. The van der Waals surface area contributed by atoms with E-state index in [9.17, 15) is 9.18 Å². The smallest absolute Gasteiger partial charge is 0.220 e. The molecule has 2 aromatic heterocycles. The van der Waals surface area contributed by atoms with E-state index in [2.05, 4.69) is 32.8 Å². The maximum atomic E-state index is 13.4. The molecule has 0 aliphatic heterocycles. The van der Waals surface area contributed by atoms with Crippen LogP contribution in [0.4, 0.5) is 4.39 Å². The Morgan fingerprint density at radius 2 is 2.10 bits per heavy atom. The summed E-state index contributed by atoms with van der Waals surface area (Å²) < 4.78 is 15.6. The Morgan fingerprint density at radius 3 is 2.93 bits per heavy atom. The topological polar surface area (TPSA) is 75.6 Å². The second-order valence-electron chi connectivity index (χ2n) is 8.08. The molecule has 0 unspecified atom stereocenters. The summed E-state index contributed by atoms with van der Waals surface area (Å²) in [5.74, 6) is 2.04. The molecule has 30 heavy (non-hydrogen) atoms. The second kappa shape index (κ2) is 7.23. The van der Waals surface area contributed by atoms with Crippen LogP contribution in [0.15, 0.2) is 42.5 Å². The molecule has 7 heteroatoms. The molecule has 0 saturated heterocycles. The number of fused-ring (bicyclic) bond motifs is 2. The van der Waals surface area contributed by atoms with Crippen LogP contribution >= 0.6 is 0 Å². The Hall–Kier alpha value is -3.22. The van der Waals surface area contributed by atoms with Gasteiger partial charge in [0.25, 0.3) is 0 Å². The van der Waals surface area contributed by atoms with E-state index in [1.54, 1.807) is 6.07 Å². The van der Waals surface area contributed by atoms with E-state index < -0.39 is 0 Å². The van der Waals surface area contributed by atoms with Crippen LogP contribution in [0.1, 0.15) is 50.3 Å². The van der Waals surface area contributed by atoms with Gasteiger partial charge in [-0.25, -0.2) is 14.4 Å². The van der Waals surface area contributed by atoms with Gasteiger partial charge in [-0.05, 0) is 56.5 Å². The van der Waals surface area contributed by atoms with Crippen molar-refractivity contribution in [2.24, 2.45) is 5.92 Å². The predicted octanol–water partition coefficient (Wildman–Crippen LogP) is 4.44. The number of aromatic nitrogens is 4. The van der Waals surface area contributed by atoms with Crippen LogP contribution in [0, 0.1) is 11.7 Å². The Bertz CT molecular complexity index is 1240. The number of hydrogen-bond acceptors (Lipinski definition) is 3. The lowest BCUT2D eigenvalue weighted by Crippen LogP contribution is -2.27. The zero-order valence-corrected chi connectivity index (χ0v) is 17.0. The maximum Gasteiger partial charge on any atom is 0.220 e. The summed E-state index contributed by atoms with van der Waals surface area (Å²) in [5, 5.41) is 3.02. The van der Waals surface area contributed by atoms with Gasteiger partial charge < -0.3 is 14.9 Å². The van der Waals surface area contributed by atoms with Crippen molar-refractivity contribution in [2.45, 2.75) is 45.2 Å². The highest BCUT2D eigenvalue weighted by atomic mass is 19.1. The lowest BCUT2D eigenvalue weighted by Gasteiger charge is -2.11. The highest BCUT2D eigenvalue weighted by Crippen LogP contribution is 2.49. The molecule has 2 N–H and O–H groups in total. The number of aromatic amines is 1. The molecule has 1 amide bonds. The normalized spacial score (nSPS) is 19.3. The molecule has 2 aromatic carbocycles. The zero-order valence-electron chi connectivity index (χ0n) is 17.0. The summed E-state index contributed by atoms with van der Waals surface area (Å²) in [6, 6.07) is 12.3. The molecule has 5 rings (SSSR count). The van der Waals surface area contributed by atoms with E-state index >= 15 is 0 Å². The Morgan fingerprint density at radius 1 is 1.27 bits per heavy atom. The van der Waals surface area contributed by atoms with E-state index in [0.717, 1.165) is 29.8 Å². The van der Waals surface area contributed by atoms with Crippen LogP contribution in [0.2, 0.25) is 0 Å². The number of carbonyl (C=O) groups is 1. The van der Waals surface area contributed by atoms with Gasteiger partial charge in [0.1, 0.15) is 17.5 Å². The minimum atomic E-state index is -0.313. The van der Waals surface area contributed by atoms with Crippen molar-refractivity contribution in [3.63, 3.8) is 0 Å². The number of imidazole rings is 2. The first-order chi connectivity index (χ1) is 14.5. The average Bonchev–Trinajstić information content (AvgIpc) is 3.19. The van der Waals surface area contributed by atoms with Crippen LogP contribution in [0.5, 0.6) is 0 Å². The van der Waals surface area contributed by atoms with Gasteiger partial charge in [-0.2, -0.15) is 0 Å². The fraction of sp³-hybridized carbons (Fsp3) is 0.348. The largest absolute Gasteiger partial charge is 0.346 e. The van der Waals surface area contributed by atoms with Crippen molar-refractivity contribution < 1.29 is 9.18 Å². The third-order valence-electron chi connectivity index (χ3n) is 5.95. The van der Waals surface area contributed by atoms with Crippen LogP contribution in [-0.2, 0) is 11.3 Å². The van der Waals surface area contributed by atoms with Crippen molar-refractivity contribution in [3.05, 3.63) is 59.9 Å². The Labute approximate surface area is 173 Å². The number of nitrogens with one attached hydrogen (secondary N) is 2. The van der Waals surface area contributed by atoms with E-state index in [0.29, 0.717) is 35.1 Å². The van der Waals surface area contributed by atoms with Crippen LogP contribution in [-0.4, -0.2) is 25.4 Å². The van der Waals surface area contributed by atoms with E-state index in [-0.39, 0.29) is 17.8 Å². The maximum absolute atomic E-state index is 13.4. The molecule has 6 nitrogen and oxygen atoms in total. The fourth-order valence-corrected chi connectivity index (χ4v) is 4.31. The van der Waals surface area contributed by atoms with E-state index in [1.165, 1.54) is 12.1 Å². The number of para-hydroxylation sites is 2. The van der Waals surface area contributed by atoms with Gasteiger partial charge in [-0.15, -0.1) is 0 Å². The lowest BCUT2D eigenvalue weighted by atomic mass is 10.2. The van der Waals surface area contributed by atoms with Crippen LogP contribution in [0.25, 0.3) is 22.1 Å². The Balaban J connectivity index is 1.24. The van der Waals surface area contributed by atoms with Crippen molar-refractivity contribution in [3.8, 4) is 0 Å². The summed E-state index contributed by atoms with van der Waals surface area (Å²) in [6.45, 7) is 4.88. The molecule has 154 valence electrons. The highest BCUT2D eigenvalue weighted by Gasteiger charge is 2.43. The fourth-order valence-electron chi connectivity index (χ4n) is 4.31. The first-order valence-corrected chi connectivity index (χ1v) is 10.4. The number of rotatable bonds is 6. The lowest BCUT2D eigenvalue weighted by molar-refractivity contribution is -0.122. The molecule has 1 saturated carbocycles. The molecular formula is C23H24FN5O.